The molecule has 3 rings (SSSR count). The first-order chi connectivity index (χ1) is 16.0. The van der Waals surface area contributed by atoms with Crippen LogP contribution in [0.2, 0.25) is 0 Å². The molecule has 1 atom stereocenters. The summed E-state index contributed by atoms with van der Waals surface area (Å²) in [6.07, 6.45) is 1.65. The summed E-state index contributed by atoms with van der Waals surface area (Å²) in [5.41, 5.74) is 1.43. The van der Waals surface area contributed by atoms with Gasteiger partial charge in [0.1, 0.15) is 11.5 Å². The van der Waals surface area contributed by atoms with Crippen molar-refractivity contribution in [1.82, 2.24) is 9.80 Å². The lowest BCUT2D eigenvalue weighted by Gasteiger charge is -2.27. The number of carbonyl (C=O) groups excluding carboxylic acids is 2. The molecule has 1 fully saturated rings. The molecule has 1 amide bonds. The minimum atomic E-state index is -0.643. The van der Waals surface area contributed by atoms with Gasteiger partial charge in [-0.2, -0.15) is 0 Å². The van der Waals surface area contributed by atoms with Crippen LogP contribution in [-0.2, 0) is 9.59 Å². The Labute approximate surface area is 196 Å². The number of benzene rings is 2. The molecule has 1 unspecified atom stereocenters. The van der Waals surface area contributed by atoms with Gasteiger partial charge in [0.25, 0.3) is 11.7 Å². The molecule has 33 heavy (non-hydrogen) atoms. The Morgan fingerprint density at radius 2 is 1.67 bits per heavy atom. The van der Waals surface area contributed by atoms with E-state index in [1.807, 2.05) is 37.3 Å². The van der Waals surface area contributed by atoms with Crippen LogP contribution in [0.25, 0.3) is 5.76 Å². The molecular weight excluding hydrogens is 416 g/mol. The van der Waals surface area contributed by atoms with Crippen molar-refractivity contribution in [3.63, 3.8) is 0 Å². The Balaban J connectivity index is 1.97. The molecule has 0 aromatic heterocycles. The molecule has 0 radical (unpaired) electrons. The fraction of sp³-hybridized carbons (Fsp3) is 0.407. The molecule has 1 aliphatic heterocycles. The fourth-order valence-electron chi connectivity index (χ4n) is 4.18. The number of carbonyl (C=O) groups is 2. The summed E-state index contributed by atoms with van der Waals surface area (Å²) in [6.45, 7) is 10.0. The first-order valence-corrected chi connectivity index (χ1v) is 11.8. The van der Waals surface area contributed by atoms with E-state index < -0.39 is 17.7 Å². The fourth-order valence-corrected chi connectivity index (χ4v) is 4.18. The summed E-state index contributed by atoms with van der Waals surface area (Å²) in [4.78, 5) is 30.0. The Hall–Kier alpha value is -3.12. The number of aliphatic hydroxyl groups excluding tert-OH is 1. The predicted molar refractivity (Wildman–Crippen MR) is 130 cm³/mol. The molecule has 176 valence electrons. The lowest BCUT2D eigenvalue weighted by Crippen LogP contribution is -2.33. The van der Waals surface area contributed by atoms with Crippen LogP contribution in [0, 0.1) is 0 Å². The minimum Gasteiger partial charge on any atom is -0.507 e. The first kappa shape index (κ1) is 24.5. The average molecular weight is 451 g/mol. The zero-order valence-corrected chi connectivity index (χ0v) is 19.8. The molecule has 0 bridgehead atoms. The first-order valence-electron chi connectivity index (χ1n) is 11.8. The highest BCUT2D eigenvalue weighted by molar-refractivity contribution is 6.46. The Kier molecular flexibility index (Phi) is 8.66. The van der Waals surface area contributed by atoms with Crippen molar-refractivity contribution in [2.24, 2.45) is 0 Å². The maximum atomic E-state index is 13.1. The van der Waals surface area contributed by atoms with Crippen LogP contribution in [0.15, 0.2) is 60.2 Å². The molecule has 1 aliphatic rings. The molecule has 2 aromatic carbocycles. The molecule has 1 heterocycles. The number of nitrogens with zero attached hydrogens (tertiary/aromatic N) is 2. The maximum Gasteiger partial charge on any atom is 0.295 e. The van der Waals surface area contributed by atoms with Gasteiger partial charge in [0, 0.05) is 12.1 Å². The summed E-state index contributed by atoms with van der Waals surface area (Å²) in [5, 5.41) is 11.1. The highest BCUT2D eigenvalue weighted by Crippen LogP contribution is 2.39. The smallest absolute Gasteiger partial charge is 0.295 e. The molecule has 0 aliphatic carbocycles. The second-order valence-corrected chi connectivity index (χ2v) is 8.16. The van der Waals surface area contributed by atoms with Gasteiger partial charge in [0.05, 0.1) is 18.2 Å². The third-order valence-corrected chi connectivity index (χ3v) is 6.02. The van der Waals surface area contributed by atoms with Crippen molar-refractivity contribution in [3.05, 3.63) is 71.3 Å². The van der Waals surface area contributed by atoms with Crippen molar-refractivity contribution in [3.8, 4) is 5.75 Å². The van der Waals surface area contributed by atoms with Gasteiger partial charge in [0.15, 0.2) is 0 Å². The summed E-state index contributed by atoms with van der Waals surface area (Å²) >= 11 is 0. The molecule has 6 heteroatoms. The third kappa shape index (κ3) is 5.63. The van der Waals surface area contributed by atoms with E-state index in [1.165, 1.54) is 0 Å². The van der Waals surface area contributed by atoms with E-state index in [-0.39, 0.29) is 11.3 Å². The van der Waals surface area contributed by atoms with Crippen LogP contribution in [0.3, 0.4) is 0 Å². The standard InChI is InChI=1S/C27H34N2O4/c1-4-19-33-22-15-13-20(14-16-22)24-23(25(30)21-11-8-7-9-12-21)26(31)27(32)29(24)18-10-17-28(5-2)6-3/h7-9,11-16,24,30H,4-6,10,17-19H2,1-3H3. The van der Waals surface area contributed by atoms with Gasteiger partial charge >= 0.3 is 0 Å². The number of likely N-dealkylation sites (tertiary alicyclic amines) is 1. The maximum absolute atomic E-state index is 13.1. The van der Waals surface area contributed by atoms with E-state index >= 15 is 0 Å². The van der Waals surface area contributed by atoms with E-state index in [2.05, 4.69) is 18.7 Å². The number of aliphatic hydroxyl groups is 1. The zero-order valence-electron chi connectivity index (χ0n) is 19.8. The van der Waals surface area contributed by atoms with E-state index in [1.54, 1.807) is 29.2 Å². The monoisotopic (exact) mass is 450 g/mol. The largest absolute Gasteiger partial charge is 0.507 e. The van der Waals surface area contributed by atoms with E-state index in [9.17, 15) is 14.7 Å². The van der Waals surface area contributed by atoms with Crippen molar-refractivity contribution in [2.75, 3.05) is 32.8 Å². The summed E-state index contributed by atoms with van der Waals surface area (Å²) in [5.74, 6) is -0.613. The van der Waals surface area contributed by atoms with Crippen LogP contribution in [0.1, 0.15) is 50.8 Å². The van der Waals surface area contributed by atoms with Gasteiger partial charge in [-0.05, 0) is 50.2 Å². The van der Waals surface area contributed by atoms with Gasteiger partial charge in [-0.15, -0.1) is 0 Å². The lowest BCUT2D eigenvalue weighted by atomic mass is 9.95. The summed E-state index contributed by atoms with van der Waals surface area (Å²) in [7, 11) is 0. The van der Waals surface area contributed by atoms with Crippen LogP contribution < -0.4 is 4.74 Å². The molecule has 1 N–H and O–H groups in total. The van der Waals surface area contributed by atoms with Crippen LogP contribution in [-0.4, -0.2) is 59.4 Å². The highest BCUT2D eigenvalue weighted by Gasteiger charge is 2.45. The minimum absolute atomic E-state index is 0.135. The van der Waals surface area contributed by atoms with Crippen molar-refractivity contribution in [2.45, 2.75) is 39.7 Å². The van der Waals surface area contributed by atoms with Gasteiger partial charge in [-0.25, -0.2) is 0 Å². The number of amides is 1. The number of hydrogen-bond donors (Lipinski definition) is 1. The van der Waals surface area contributed by atoms with Gasteiger partial charge < -0.3 is 19.6 Å². The Morgan fingerprint density at radius 1 is 1.00 bits per heavy atom. The lowest BCUT2D eigenvalue weighted by molar-refractivity contribution is -0.140. The van der Waals surface area contributed by atoms with E-state index in [0.717, 1.165) is 43.8 Å². The number of Topliss-reactive ketones (excluding diaryl/α,β-unsaturated/α-hetero) is 1. The van der Waals surface area contributed by atoms with Crippen LogP contribution in [0.5, 0.6) is 5.75 Å². The SMILES string of the molecule is CCCOc1ccc(C2C(=C(O)c3ccccc3)C(=O)C(=O)N2CCCN(CC)CC)cc1. The Bertz CT molecular complexity index is 965. The van der Waals surface area contributed by atoms with Crippen LogP contribution >= 0.6 is 0 Å². The van der Waals surface area contributed by atoms with Crippen molar-refractivity contribution in [1.29, 1.82) is 0 Å². The number of hydrogen-bond acceptors (Lipinski definition) is 5. The molecular formula is C27H34N2O4. The van der Waals surface area contributed by atoms with Gasteiger partial charge in [-0.3, -0.25) is 9.59 Å². The highest BCUT2D eigenvalue weighted by atomic mass is 16.5. The summed E-state index contributed by atoms with van der Waals surface area (Å²) < 4.78 is 5.69. The summed E-state index contributed by atoms with van der Waals surface area (Å²) in [6, 6.07) is 15.7. The van der Waals surface area contributed by atoms with Crippen LogP contribution in [0.4, 0.5) is 0 Å². The van der Waals surface area contributed by atoms with E-state index in [4.69, 9.17) is 4.74 Å². The van der Waals surface area contributed by atoms with E-state index in [0.29, 0.717) is 18.7 Å². The normalized spacial score (nSPS) is 17.7. The number of ketones is 1. The average Bonchev–Trinajstić information content (AvgIpc) is 3.10. The van der Waals surface area contributed by atoms with Crippen molar-refractivity contribution >= 4 is 17.4 Å². The van der Waals surface area contributed by atoms with Gasteiger partial charge in [-0.1, -0.05) is 63.2 Å². The predicted octanol–water partition coefficient (Wildman–Crippen LogP) is 4.63. The van der Waals surface area contributed by atoms with Crippen molar-refractivity contribution < 1.29 is 19.4 Å². The third-order valence-electron chi connectivity index (χ3n) is 6.02. The molecule has 1 saturated heterocycles. The molecule has 6 nitrogen and oxygen atoms in total. The molecule has 0 spiro atoms. The van der Waals surface area contributed by atoms with Gasteiger partial charge in [0.2, 0.25) is 0 Å². The molecule has 0 saturated carbocycles. The zero-order chi connectivity index (χ0) is 23.8. The topological polar surface area (TPSA) is 70.1 Å². The quantitative estimate of drug-likeness (QED) is 0.307. The Morgan fingerprint density at radius 3 is 2.27 bits per heavy atom. The molecule has 2 aromatic rings. The second kappa shape index (κ2) is 11.7. The second-order valence-electron chi connectivity index (χ2n) is 8.16. The number of ether oxygens (including phenoxy) is 1. The number of rotatable bonds is 11.